The Morgan fingerprint density at radius 3 is 1.69 bits per heavy atom. The van der Waals surface area contributed by atoms with Crippen molar-refractivity contribution in [2.24, 2.45) is 9.98 Å². The van der Waals surface area contributed by atoms with E-state index in [2.05, 4.69) is 4.90 Å². The molecule has 4 aliphatic heterocycles. The van der Waals surface area contributed by atoms with E-state index in [0.29, 0.717) is 97.7 Å². The SMILES string of the molecule is COCCOCCN(CCCC(=O)OC)c1cc(COc2cc3c(cc2OC)C(=O)N2c4ccccc4C[C@H]2C=N3)cc(COc2cc3c(cc2OC)C(=O)N2c4ccccc4C[C@H]2C=N3)c1. The summed E-state index contributed by atoms with van der Waals surface area (Å²) in [4.78, 5) is 55.7. The summed E-state index contributed by atoms with van der Waals surface area (Å²) in [6.07, 6.45) is 5.82. The van der Waals surface area contributed by atoms with E-state index >= 15 is 0 Å². The van der Waals surface area contributed by atoms with Crippen LogP contribution in [0.15, 0.2) is 101 Å². The van der Waals surface area contributed by atoms with Gasteiger partial charge in [0.1, 0.15) is 13.2 Å². The maximum atomic E-state index is 14.1. The zero-order chi connectivity index (χ0) is 46.4. The highest BCUT2D eigenvalue weighted by Gasteiger charge is 2.38. The number of rotatable bonds is 19. The van der Waals surface area contributed by atoms with Gasteiger partial charge < -0.3 is 38.1 Å². The van der Waals surface area contributed by atoms with Crippen molar-refractivity contribution in [2.75, 3.05) is 76.0 Å². The predicted molar refractivity (Wildman–Crippen MR) is 255 cm³/mol. The van der Waals surface area contributed by atoms with Gasteiger partial charge in [0.2, 0.25) is 0 Å². The second-order valence-electron chi connectivity index (χ2n) is 16.6. The van der Waals surface area contributed by atoms with Gasteiger partial charge in [-0.1, -0.05) is 36.4 Å². The standard InChI is InChI=1S/C52H53N5O10/c1-61-18-19-65-17-16-55(15-9-14-50(58)64-4)37-21-33(31-66-48-27-42-40(25-46(48)62-2)51(59)56-38(29-53-42)23-35-10-5-7-12-44(35)56)20-34(22-37)32-67-49-28-43-41(26-47(49)63-3)52(60)57-39(30-54-43)24-36-11-6-8-13-45(36)57/h5-8,10-13,20-22,25-30,38-39H,9,14-19,23-24,31-32H2,1-4H3/t38-,39-/m0/s1. The van der Waals surface area contributed by atoms with Gasteiger partial charge in [0.15, 0.2) is 23.0 Å². The van der Waals surface area contributed by atoms with E-state index in [4.69, 9.17) is 43.1 Å². The van der Waals surface area contributed by atoms with Crippen LogP contribution >= 0.6 is 0 Å². The Bertz CT molecular complexity index is 2580. The van der Waals surface area contributed by atoms with E-state index in [0.717, 1.165) is 39.3 Å². The number of benzene rings is 5. The minimum atomic E-state index is -0.288. The number of nitrogens with zero attached hydrogens (tertiary/aromatic N) is 5. The lowest BCUT2D eigenvalue weighted by Gasteiger charge is -2.26. The second kappa shape index (κ2) is 20.1. The molecule has 0 aliphatic carbocycles. The molecule has 4 aliphatic rings. The molecule has 0 saturated carbocycles. The van der Waals surface area contributed by atoms with Crippen LogP contribution in [0, 0.1) is 0 Å². The number of para-hydroxylation sites is 2. The zero-order valence-electron chi connectivity index (χ0n) is 38.1. The van der Waals surface area contributed by atoms with Crippen molar-refractivity contribution in [3.05, 3.63) is 124 Å². The van der Waals surface area contributed by atoms with Crippen molar-refractivity contribution >= 4 is 58.6 Å². The van der Waals surface area contributed by atoms with Crippen LogP contribution in [0.2, 0.25) is 0 Å². The highest BCUT2D eigenvalue weighted by atomic mass is 16.5. The summed E-state index contributed by atoms with van der Waals surface area (Å²) in [6, 6.07) is 28.4. The summed E-state index contributed by atoms with van der Waals surface area (Å²) in [6.45, 7) is 2.62. The summed E-state index contributed by atoms with van der Waals surface area (Å²) < 4.78 is 40.7. The smallest absolute Gasteiger partial charge is 0.305 e. The number of methoxy groups -OCH3 is 4. The number of fused-ring (bicyclic) bond motifs is 8. The molecule has 5 aromatic rings. The van der Waals surface area contributed by atoms with Crippen LogP contribution in [-0.4, -0.2) is 104 Å². The van der Waals surface area contributed by atoms with Crippen molar-refractivity contribution in [1.29, 1.82) is 0 Å². The van der Waals surface area contributed by atoms with Gasteiger partial charge in [-0.15, -0.1) is 0 Å². The zero-order valence-corrected chi connectivity index (χ0v) is 38.1. The number of ether oxygens (including phenoxy) is 7. The molecule has 9 rings (SSSR count). The van der Waals surface area contributed by atoms with E-state index in [1.807, 2.05) is 79.2 Å². The third kappa shape index (κ3) is 9.42. The first-order valence-corrected chi connectivity index (χ1v) is 22.4. The molecule has 15 heteroatoms. The average Bonchev–Trinajstić information content (AvgIpc) is 3.85. The third-order valence-corrected chi connectivity index (χ3v) is 12.4. The second-order valence-corrected chi connectivity index (χ2v) is 16.6. The number of hydrogen-bond donors (Lipinski definition) is 0. The number of carbonyl (C=O) groups is 3. The summed E-state index contributed by atoms with van der Waals surface area (Å²) in [5.41, 5.74) is 8.28. The predicted octanol–water partition coefficient (Wildman–Crippen LogP) is 7.86. The fraction of sp³-hybridized carbons (Fsp3) is 0.327. The van der Waals surface area contributed by atoms with E-state index in [1.165, 1.54) is 7.11 Å². The molecule has 2 amide bonds. The molecule has 4 heterocycles. The first-order chi connectivity index (χ1) is 32.8. The summed E-state index contributed by atoms with van der Waals surface area (Å²) >= 11 is 0. The molecule has 0 N–H and O–H groups in total. The maximum absolute atomic E-state index is 14.1. The van der Waals surface area contributed by atoms with Crippen molar-refractivity contribution in [1.82, 2.24) is 0 Å². The van der Waals surface area contributed by atoms with Crippen molar-refractivity contribution in [3.63, 3.8) is 0 Å². The minimum absolute atomic E-state index is 0.121. The van der Waals surface area contributed by atoms with Crippen molar-refractivity contribution in [3.8, 4) is 23.0 Å². The number of anilines is 3. The van der Waals surface area contributed by atoms with Crippen LogP contribution in [0.25, 0.3) is 0 Å². The number of carbonyl (C=O) groups excluding carboxylic acids is 3. The average molecular weight is 908 g/mol. The van der Waals surface area contributed by atoms with Gasteiger partial charge in [0.05, 0.1) is 75.7 Å². The van der Waals surface area contributed by atoms with Crippen LogP contribution in [0.5, 0.6) is 23.0 Å². The van der Waals surface area contributed by atoms with Crippen molar-refractivity contribution < 1.29 is 47.5 Å². The molecule has 0 radical (unpaired) electrons. The molecule has 15 nitrogen and oxygen atoms in total. The molecule has 0 aromatic heterocycles. The van der Waals surface area contributed by atoms with Crippen LogP contribution in [-0.2, 0) is 45.1 Å². The van der Waals surface area contributed by atoms with Crippen LogP contribution in [0.1, 0.15) is 55.8 Å². The molecular formula is C52H53N5O10. The largest absolute Gasteiger partial charge is 0.493 e. The first kappa shape index (κ1) is 44.9. The number of amides is 2. The molecule has 5 aromatic carbocycles. The van der Waals surface area contributed by atoms with Gasteiger partial charge in [0.25, 0.3) is 11.8 Å². The van der Waals surface area contributed by atoms with Gasteiger partial charge in [-0.3, -0.25) is 34.2 Å². The molecule has 67 heavy (non-hydrogen) atoms. The molecule has 0 saturated heterocycles. The quantitative estimate of drug-likeness (QED) is 0.0589. The highest BCUT2D eigenvalue weighted by Crippen LogP contribution is 2.43. The number of aliphatic imine (C=N–C) groups is 2. The molecule has 2 atom stereocenters. The number of hydrogen-bond acceptors (Lipinski definition) is 13. The van der Waals surface area contributed by atoms with Gasteiger partial charge in [-0.25, -0.2) is 0 Å². The normalized spacial score (nSPS) is 16.2. The summed E-state index contributed by atoms with van der Waals surface area (Å²) in [5, 5.41) is 0. The van der Waals surface area contributed by atoms with E-state index in [-0.39, 0.29) is 49.5 Å². The Morgan fingerprint density at radius 2 is 1.18 bits per heavy atom. The minimum Gasteiger partial charge on any atom is -0.493 e. The molecule has 0 unspecified atom stereocenters. The third-order valence-electron chi connectivity index (χ3n) is 12.4. The Hall–Kier alpha value is -7.23. The van der Waals surface area contributed by atoms with Gasteiger partial charge in [-0.2, -0.15) is 0 Å². The van der Waals surface area contributed by atoms with E-state index in [1.54, 1.807) is 55.4 Å². The van der Waals surface area contributed by atoms with E-state index < -0.39 is 0 Å². The highest BCUT2D eigenvalue weighted by molar-refractivity contribution is 6.15. The Morgan fingerprint density at radius 1 is 0.642 bits per heavy atom. The summed E-state index contributed by atoms with van der Waals surface area (Å²) in [7, 11) is 6.11. The van der Waals surface area contributed by atoms with Crippen LogP contribution < -0.4 is 33.6 Å². The monoisotopic (exact) mass is 907 g/mol. The maximum Gasteiger partial charge on any atom is 0.305 e. The fourth-order valence-corrected chi connectivity index (χ4v) is 9.10. The van der Waals surface area contributed by atoms with Crippen LogP contribution in [0.3, 0.4) is 0 Å². The molecular weight excluding hydrogens is 855 g/mol. The molecule has 346 valence electrons. The summed E-state index contributed by atoms with van der Waals surface area (Å²) in [5.74, 6) is 1.04. The lowest BCUT2D eigenvalue weighted by atomic mass is 10.1. The van der Waals surface area contributed by atoms with Gasteiger partial charge >= 0.3 is 5.97 Å². The van der Waals surface area contributed by atoms with E-state index in [9.17, 15) is 14.4 Å². The van der Waals surface area contributed by atoms with Gasteiger partial charge in [-0.05, 0) is 71.1 Å². The van der Waals surface area contributed by atoms with Gasteiger partial charge in [0, 0.05) is 81.1 Å². The topological polar surface area (TPSA) is 150 Å². The molecule has 0 fully saturated rings. The molecule has 0 spiro atoms. The Labute approximate surface area is 389 Å². The molecule has 0 bridgehead atoms. The number of esters is 1. The Balaban J connectivity index is 1.00. The fourth-order valence-electron chi connectivity index (χ4n) is 9.10. The Kier molecular flexibility index (Phi) is 13.5. The lowest BCUT2D eigenvalue weighted by molar-refractivity contribution is -0.140. The van der Waals surface area contributed by atoms with Crippen LogP contribution in [0.4, 0.5) is 28.4 Å². The van der Waals surface area contributed by atoms with Crippen molar-refractivity contribution in [2.45, 2.75) is 51.0 Å². The first-order valence-electron chi connectivity index (χ1n) is 22.4. The lowest BCUT2D eigenvalue weighted by Crippen LogP contribution is -2.37.